The Morgan fingerprint density at radius 2 is 2.45 bits per heavy atom. The maximum absolute atomic E-state index is 9.15. The van der Waals surface area contributed by atoms with E-state index in [1.54, 1.807) is 6.08 Å². The van der Waals surface area contributed by atoms with Crippen LogP contribution in [0, 0.1) is 0 Å². The number of aliphatic hydroxyl groups excluding tert-OH is 1. The fourth-order valence-electron chi connectivity index (χ4n) is 1.08. The zero-order chi connectivity index (χ0) is 8.10. The van der Waals surface area contributed by atoms with Crippen LogP contribution in [0.1, 0.15) is 26.2 Å². The molecule has 1 aliphatic rings. The van der Waals surface area contributed by atoms with Crippen LogP contribution in [0.2, 0.25) is 0 Å². The number of hydrogen-bond donors (Lipinski definition) is 1. The quantitative estimate of drug-likeness (QED) is 0.641. The van der Waals surface area contributed by atoms with Crippen LogP contribution in [-0.4, -0.2) is 5.11 Å². The van der Waals surface area contributed by atoms with Crippen molar-refractivity contribution in [2.45, 2.75) is 26.2 Å². The average molecular weight is 150 g/mol. The molecule has 0 aromatic heterocycles. The third kappa shape index (κ3) is 2.62. The van der Waals surface area contributed by atoms with Gasteiger partial charge in [-0.15, -0.1) is 0 Å². The lowest BCUT2D eigenvalue weighted by atomic mass is 10.0. The fourth-order valence-corrected chi connectivity index (χ4v) is 1.08. The molecule has 0 amide bonds. The van der Waals surface area contributed by atoms with Gasteiger partial charge in [-0.2, -0.15) is 0 Å². The van der Waals surface area contributed by atoms with E-state index in [-0.39, 0.29) is 0 Å². The summed E-state index contributed by atoms with van der Waals surface area (Å²) in [7, 11) is 0. The van der Waals surface area contributed by atoms with Crippen LogP contribution in [0.5, 0.6) is 0 Å². The molecule has 0 bridgehead atoms. The molecule has 0 aliphatic heterocycles. The third-order valence-electron chi connectivity index (χ3n) is 1.68. The minimum absolute atomic E-state index is 0.467. The fraction of sp³-hybridized carbons (Fsp3) is 0.400. The molecule has 0 atom stereocenters. The Hall–Kier alpha value is -0.980. The second kappa shape index (κ2) is 4.02. The van der Waals surface area contributed by atoms with E-state index in [1.807, 2.05) is 6.08 Å². The summed E-state index contributed by atoms with van der Waals surface area (Å²) in [6.45, 7) is 2.15. The molecule has 0 fully saturated rings. The van der Waals surface area contributed by atoms with Gasteiger partial charge in [0.1, 0.15) is 0 Å². The van der Waals surface area contributed by atoms with Crippen molar-refractivity contribution in [3.8, 4) is 0 Å². The number of rotatable bonds is 2. The van der Waals surface area contributed by atoms with E-state index in [9.17, 15) is 0 Å². The molecule has 0 saturated heterocycles. The number of unbranched alkanes of at least 4 members (excludes halogenated alkanes) is 1. The molecule has 0 spiro atoms. The van der Waals surface area contributed by atoms with Gasteiger partial charge in [0.25, 0.3) is 0 Å². The summed E-state index contributed by atoms with van der Waals surface area (Å²) >= 11 is 0. The number of aliphatic hydroxyl groups is 1. The van der Waals surface area contributed by atoms with Gasteiger partial charge in [-0.1, -0.05) is 31.6 Å². The van der Waals surface area contributed by atoms with Crippen LogP contribution in [0.4, 0.5) is 0 Å². The topological polar surface area (TPSA) is 20.2 Å². The van der Waals surface area contributed by atoms with Crippen molar-refractivity contribution < 1.29 is 5.11 Å². The van der Waals surface area contributed by atoms with Crippen molar-refractivity contribution in [3.63, 3.8) is 0 Å². The van der Waals surface area contributed by atoms with Crippen molar-refractivity contribution in [1.82, 2.24) is 0 Å². The van der Waals surface area contributed by atoms with E-state index in [2.05, 4.69) is 19.1 Å². The van der Waals surface area contributed by atoms with Gasteiger partial charge in [0.2, 0.25) is 0 Å². The van der Waals surface area contributed by atoms with Crippen molar-refractivity contribution in [2.75, 3.05) is 0 Å². The monoisotopic (exact) mass is 150 g/mol. The highest BCUT2D eigenvalue weighted by atomic mass is 16.3. The molecule has 1 rings (SSSR count). The van der Waals surface area contributed by atoms with Gasteiger partial charge >= 0.3 is 0 Å². The van der Waals surface area contributed by atoms with Gasteiger partial charge in [0.05, 0.1) is 5.76 Å². The van der Waals surface area contributed by atoms with E-state index in [0.717, 1.165) is 6.42 Å². The Kier molecular flexibility index (Phi) is 2.96. The second-order valence-corrected chi connectivity index (χ2v) is 2.76. The summed E-state index contributed by atoms with van der Waals surface area (Å²) in [6, 6.07) is 0. The summed E-state index contributed by atoms with van der Waals surface area (Å²) in [6.07, 6.45) is 10.8. The van der Waals surface area contributed by atoms with Crippen LogP contribution < -0.4 is 0 Å². The van der Waals surface area contributed by atoms with Crippen molar-refractivity contribution in [1.29, 1.82) is 0 Å². The number of allylic oxidation sites excluding steroid dienone is 5. The van der Waals surface area contributed by atoms with Crippen molar-refractivity contribution in [2.24, 2.45) is 0 Å². The standard InChI is InChI=1S/C10H14O/c1-2-3-5-9-6-4-7-10(11)8-9/h4-7,11H,2-3,8H2,1H3. The van der Waals surface area contributed by atoms with Crippen LogP contribution in [0.25, 0.3) is 0 Å². The smallest absolute Gasteiger partial charge is 0.0966 e. The zero-order valence-corrected chi connectivity index (χ0v) is 6.88. The molecular formula is C10H14O. The summed E-state index contributed by atoms with van der Waals surface area (Å²) in [5, 5.41) is 9.15. The molecule has 60 valence electrons. The minimum Gasteiger partial charge on any atom is -0.512 e. The highest BCUT2D eigenvalue weighted by Gasteiger charge is 1.99. The predicted octanol–water partition coefficient (Wildman–Crippen LogP) is 3.11. The Morgan fingerprint density at radius 1 is 1.64 bits per heavy atom. The maximum Gasteiger partial charge on any atom is 0.0966 e. The summed E-state index contributed by atoms with van der Waals surface area (Å²) in [5.74, 6) is 0.467. The molecule has 0 heterocycles. The number of hydrogen-bond acceptors (Lipinski definition) is 1. The van der Waals surface area contributed by atoms with E-state index < -0.39 is 0 Å². The first kappa shape index (κ1) is 8.12. The van der Waals surface area contributed by atoms with Gasteiger partial charge in [-0.05, 0) is 18.1 Å². The Morgan fingerprint density at radius 3 is 3.09 bits per heavy atom. The molecule has 1 aliphatic carbocycles. The maximum atomic E-state index is 9.15. The Labute approximate surface area is 67.7 Å². The molecular weight excluding hydrogens is 136 g/mol. The van der Waals surface area contributed by atoms with Gasteiger partial charge in [0, 0.05) is 6.42 Å². The summed E-state index contributed by atoms with van der Waals surface area (Å²) < 4.78 is 0. The van der Waals surface area contributed by atoms with E-state index in [4.69, 9.17) is 5.11 Å². The molecule has 0 aromatic rings. The Balaban J connectivity index is 2.51. The van der Waals surface area contributed by atoms with Crippen LogP contribution >= 0.6 is 0 Å². The first-order valence-corrected chi connectivity index (χ1v) is 4.08. The molecule has 1 N–H and O–H groups in total. The highest BCUT2D eigenvalue weighted by Crippen LogP contribution is 2.15. The second-order valence-electron chi connectivity index (χ2n) is 2.76. The van der Waals surface area contributed by atoms with Gasteiger partial charge in [-0.25, -0.2) is 0 Å². The third-order valence-corrected chi connectivity index (χ3v) is 1.68. The molecule has 0 aromatic carbocycles. The van der Waals surface area contributed by atoms with E-state index in [0.29, 0.717) is 12.2 Å². The normalized spacial score (nSPS) is 20.5. The van der Waals surface area contributed by atoms with Gasteiger partial charge < -0.3 is 5.11 Å². The molecule has 1 heteroatoms. The largest absolute Gasteiger partial charge is 0.512 e. The summed E-state index contributed by atoms with van der Waals surface area (Å²) in [4.78, 5) is 0. The SMILES string of the molecule is CCCC=C1C=CC=C(O)C1. The highest BCUT2D eigenvalue weighted by molar-refractivity contribution is 5.31. The van der Waals surface area contributed by atoms with Crippen molar-refractivity contribution in [3.05, 3.63) is 35.6 Å². The van der Waals surface area contributed by atoms with E-state index in [1.165, 1.54) is 12.0 Å². The molecule has 1 nitrogen and oxygen atoms in total. The lowest BCUT2D eigenvalue weighted by molar-refractivity contribution is 0.398. The van der Waals surface area contributed by atoms with E-state index >= 15 is 0 Å². The van der Waals surface area contributed by atoms with Gasteiger partial charge in [-0.3, -0.25) is 0 Å². The lowest BCUT2D eigenvalue weighted by Gasteiger charge is -2.05. The lowest BCUT2D eigenvalue weighted by Crippen LogP contribution is -1.88. The van der Waals surface area contributed by atoms with Crippen LogP contribution in [-0.2, 0) is 0 Å². The van der Waals surface area contributed by atoms with Crippen LogP contribution in [0.15, 0.2) is 35.6 Å². The molecule has 0 unspecified atom stereocenters. The Bertz CT molecular complexity index is 209. The zero-order valence-electron chi connectivity index (χ0n) is 6.88. The van der Waals surface area contributed by atoms with Gasteiger partial charge in [0.15, 0.2) is 0 Å². The van der Waals surface area contributed by atoms with Crippen LogP contribution in [0.3, 0.4) is 0 Å². The average Bonchev–Trinajstić information content (AvgIpc) is 2.01. The first-order valence-electron chi connectivity index (χ1n) is 4.08. The predicted molar refractivity (Wildman–Crippen MR) is 47.5 cm³/mol. The minimum atomic E-state index is 0.467. The summed E-state index contributed by atoms with van der Waals surface area (Å²) in [5.41, 5.74) is 1.23. The molecule has 0 radical (unpaired) electrons. The van der Waals surface area contributed by atoms with Crippen molar-refractivity contribution >= 4 is 0 Å². The molecule has 11 heavy (non-hydrogen) atoms. The first-order chi connectivity index (χ1) is 5.33. The molecule has 0 saturated carbocycles.